The van der Waals surface area contributed by atoms with Gasteiger partial charge in [0.25, 0.3) is 0 Å². The van der Waals surface area contributed by atoms with Crippen molar-refractivity contribution in [2.24, 2.45) is 11.8 Å². The van der Waals surface area contributed by atoms with Crippen molar-refractivity contribution < 1.29 is 9.53 Å². The van der Waals surface area contributed by atoms with Crippen LogP contribution in [0.15, 0.2) is 12.2 Å². The maximum Gasteiger partial charge on any atom is 0.313 e. The zero-order valence-corrected chi connectivity index (χ0v) is 9.46. The average molecular weight is 217 g/mol. The molecular weight excluding hydrogens is 200 g/mol. The van der Waals surface area contributed by atoms with E-state index >= 15 is 0 Å². The molecule has 1 aliphatic rings. The van der Waals surface area contributed by atoms with E-state index in [4.69, 9.17) is 16.3 Å². The maximum atomic E-state index is 11.3. The SMILES string of the molecule is CC(C)C/C=C/C1CC(CCl)OC1=O. The van der Waals surface area contributed by atoms with Gasteiger partial charge in [-0.2, -0.15) is 0 Å². The van der Waals surface area contributed by atoms with Crippen molar-refractivity contribution in [2.75, 3.05) is 5.88 Å². The second-order valence-corrected chi connectivity index (χ2v) is 4.42. The van der Waals surface area contributed by atoms with Gasteiger partial charge in [-0.1, -0.05) is 26.0 Å². The van der Waals surface area contributed by atoms with Crippen molar-refractivity contribution >= 4 is 17.6 Å². The third-order valence-electron chi connectivity index (χ3n) is 2.25. The van der Waals surface area contributed by atoms with Crippen molar-refractivity contribution in [1.29, 1.82) is 0 Å². The lowest BCUT2D eigenvalue weighted by Gasteiger charge is -2.00. The van der Waals surface area contributed by atoms with Gasteiger partial charge in [0.15, 0.2) is 0 Å². The Labute approximate surface area is 90.3 Å². The predicted molar refractivity (Wildman–Crippen MR) is 57.3 cm³/mol. The molecule has 2 unspecified atom stereocenters. The lowest BCUT2D eigenvalue weighted by atomic mass is 10.0. The van der Waals surface area contributed by atoms with Gasteiger partial charge < -0.3 is 4.74 Å². The Morgan fingerprint density at radius 1 is 1.64 bits per heavy atom. The first-order valence-electron chi connectivity index (χ1n) is 5.06. The fourth-order valence-corrected chi connectivity index (χ4v) is 1.63. The van der Waals surface area contributed by atoms with Gasteiger partial charge in [-0.3, -0.25) is 4.79 Å². The van der Waals surface area contributed by atoms with E-state index in [0.29, 0.717) is 11.8 Å². The van der Waals surface area contributed by atoms with E-state index in [1.165, 1.54) is 0 Å². The van der Waals surface area contributed by atoms with E-state index in [-0.39, 0.29) is 18.0 Å². The molecule has 14 heavy (non-hydrogen) atoms. The number of hydrogen-bond acceptors (Lipinski definition) is 2. The summed E-state index contributed by atoms with van der Waals surface area (Å²) in [6.45, 7) is 4.30. The van der Waals surface area contributed by atoms with Crippen LogP contribution in [0.4, 0.5) is 0 Å². The molecule has 2 atom stereocenters. The summed E-state index contributed by atoms with van der Waals surface area (Å²) in [7, 11) is 0. The third-order valence-corrected chi connectivity index (χ3v) is 2.59. The maximum absolute atomic E-state index is 11.3. The number of esters is 1. The van der Waals surface area contributed by atoms with Crippen molar-refractivity contribution in [3.63, 3.8) is 0 Å². The van der Waals surface area contributed by atoms with E-state index in [1.54, 1.807) is 0 Å². The minimum Gasteiger partial charge on any atom is -0.461 e. The number of cyclic esters (lactones) is 1. The normalized spacial score (nSPS) is 27.6. The summed E-state index contributed by atoms with van der Waals surface area (Å²) in [6.07, 6.45) is 5.67. The number of alkyl halides is 1. The number of allylic oxidation sites excluding steroid dienone is 1. The number of carbonyl (C=O) groups is 1. The van der Waals surface area contributed by atoms with E-state index in [2.05, 4.69) is 19.9 Å². The Bertz CT molecular complexity index is 223. The monoisotopic (exact) mass is 216 g/mol. The van der Waals surface area contributed by atoms with Crippen LogP contribution in [-0.4, -0.2) is 18.0 Å². The number of halogens is 1. The van der Waals surface area contributed by atoms with Crippen molar-refractivity contribution in [3.8, 4) is 0 Å². The molecule has 0 amide bonds. The van der Waals surface area contributed by atoms with Gasteiger partial charge in [-0.15, -0.1) is 11.6 Å². The van der Waals surface area contributed by atoms with Gasteiger partial charge in [0.05, 0.1) is 11.8 Å². The molecule has 0 aromatic carbocycles. The first-order valence-corrected chi connectivity index (χ1v) is 5.60. The van der Waals surface area contributed by atoms with Crippen LogP contribution >= 0.6 is 11.6 Å². The van der Waals surface area contributed by atoms with E-state index < -0.39 is 0 Å². The number of ether oxygens (including phenoxy) is 1. The average Bonchev–Trinajstić information content (AvgIpc) is 2.47. The minimum absolute atomic E-state index is 0.0718. The van der Waals surface area contributed by atoms with Crippen LogP contribution in [0.1, 0.15) is 26.7 Å². The van der Waals surface area contributed by atoms with Crippen LogP contribution in [0.2, 0.25) is 0 Å². The second-order valence-electron chi connectivity index (χ2n) is 4.11. The van der Waals surface area contributed by atoms with Crippen LogP contribution < -0.4 is 0 Å². The molecule has 0 saturated carbocycles. The topological polar surface area (TPSA) is 26.3 Å². The summed E-state index contributed by atoms with van der Waals surface area (Å²) in [4.78, 5) is 11.3. The molecule has 1 heterocycles. The molecule has 0 aromatic heterocycles. The Kier molecular flexibility index (Phi) is 4.46. The highest BCUT2D eigenvalue weighted by Gasteiger charge is 2.31. The molecule has 0 aromatic rings. The van der Waals surface area contributed by atoms with Crippen LogP contribution in [0.5, 0.6) is 0 Å². The van der Waals surface area contributed by atoms with Crippen molar-refractivity contribution in [2.45, 2.75) is 32.8 Å². The van der Waals surface area contributed by atoms with Crippen LogP contribution in [0.25, 0.3) is 0 Å². The third kappa shape index (κ3) is 3.33. The van der Waals surface area contributed by atoms with Gasteiger partial charge in [-0.25, -0.2) is 0 Å². The van der Waals surface area contributed by atoms with E-state index in [9.17, 15) is 4.79 Å². The molecule has 1 rings (SSSR count). The standard InChI is InChI=1S/C11H17ClO2/c1-8(2)4-3-5-9-6-10(7-12)14-11(9)13/h3,5,8-10H,4,6-7H2,1-2H3/b5-3+. The lowest BCUT2D eigenvalue weighted by Crippen LogP contribution is -2.07. The summed E-state index contributed by atoms with van der Waals surface area (Å²) in [5.74, 6) is 0.834. The molecule has 0 bridgehead atoms. The first-order chi connectivity index (χ1) is 6.63. The summed E-state index contributed by atoms with van der Waals surface area (Å²) < 4.78 is 5.06. The Balaban J connectivity index is 2.38. The summed E-state index contributed by atoms with van der Waals surface area (Å²) >= 11 is 5.62. The number of hydrogen-bond donors (Lipinski definition) is 0. The Morgan fingerprint density at radius 3 is 2.86 bits per heavy atom. The molecule has 0 N–H and O–H groups in total. The highest BCUT2D eigenvalue weighted by atomic mass is 35.5. The van der Waals surface area contributed by atoms with Crippen LogP contribution in [0.3, 0.4) is 0 Å². The first kappa shape index (κ1) is 11.6. The quantitative estimate of drug-likeness (QED) is 0.410. The largest absolute Gasteiger partial charge is 0.461 e. The molecule has 2 nitrogen and oxygen atoms in total. The van der Waals surface area contributed by atoms with Gasteiger partial charge in [0.1, 0.15) is 6.10 Å². The van der Waals surface area contributed by atoms with Crippen molar-refractivity contribution in [3.05, 3.63) is 12.2 Å². The molecule has 1 fully saturated rings. The van der Waals surface area contributed by atoms with E-state index in [1.807, 2.05) is 6.08 Å². The highest BCUT2D eigenvalue weighted by Crippen LogP contribution is 2.23. The second kappa shape index (κ2) is 5.40. The van der Waals surface area contributed by atoms with Crippen LogP contribution in [0, 0.1) is 11.8 Å². The van der Waals surface area contributed by atoms with Gasteiger partial charge in [0, 0.05) is 6.42 Å². The number of carbonyl (C=O) groups excluding carboxylic acids is 1. The molecular formula is C11H17ClO2. The zero-order chi connectivity index (χ0) is 10.6. The predicted octanol–water partition coefficient (Wildman–Crippen LogP) is 2.76. The van der Waals surface area contributed by atoms with E-state index in [0.717, 1.165) is 12.8 Å². The summed E-state index contributed by atoms with van der Waals surface area (Å²) in [5.41, 5.74) is 0. The molecule has 0 radical (unpaired) electrons. The molecule has 1 saturated heterocycles. The molecule has 3 heteroatoms. The summed E-state index contributed by atoms with van der Waals surface area (Å²) in [6, 6.07) is 0. The molecule has 0 aliphatic carbocycles. The Hall–Kier alpha value is -0.500. The fraction of sp³-hybridized carbons (Fsp3) is 0.727. The van der Waals surface area contributed by atoms with Gasteiger partial charge in [-0.05, 0) is 12.3 Å². The van der Waals surface area contributed by atoms with Crippen molar-refractivity contribution in [1.82, 2.24) is 0 Å². The highest BCUT2D eigenvalue weighted by molar-refractivity contribution is 6.18. The molecule has 0 spiro atoms. The number of rotatable bonds is 4. The lowest BCUT2D eigenvalue weighted by molar-refractivity contribution is -0.142. The smallest absolute Gasteiger partial charge is 0.313 e. The van der Waals surface area contributed by atoms with Gasteiger partial charge >= 0.3 is 5.97 Å². The molecule has 1 aliphatic heterocycles. The Morgan fingerprint density at radius 2 is 2.36 bits per heavy atom. The minimum atomic E-state index is -0.129. The zero-order valence-electron chi connectivity index (χ0n) is 8.70. The fourth-order valence-electron chi connectivity index (χ4n) is 1.45. The van der Waals surface area contributed by atoms with Gasteiger partial charge in [0.2, 0.25) is 0 Å². The summed E-state index contributed by atoms with van der Waals surface area (Å²) in [5, 5.41) is 0. The van der Waals surface area contributed by atoms with Crippen LogP contribution in [-0.2, 0) is 9.53 Å². The molecule has 80 valence electrons.